The van der Waals surface area contributed by atoms with Gasteiger partial charge < -0.3 is 18.8 Å². The van der Waals surface area contributed by atoms with E-state index in [1.54, 1.807) is 22.7 Å². The summed E-state index contributed by atoms with van der Waals surface area (Å²) in [7, 11) is -0.305. The van der Waals surface area contributed by atoms with E-state index in [1.807, 2.05) is 27.7 Å². The van der Waals surface area contributed by atoms with E-state index in [0.29, 0.717) is 0 Å². The first-order valence-electron chi connectivity index (χ1n) is 11.4. The molecule has 7 heteroatoms. The number of ether oxygens (including phenoxy) is 2. The van der Waals surface area contributed by atoms with Gasteiger partial charge in [-0.3, -0.25) is 0 Å². The molecule has 4 heterocycles. The average Bonchev–Trinajstić information content (AvgIpc) is 3.43. The molecule has 2 fully saturated rings. The van der Waals surface area contributed by atoms with Crippen molar-refractivity contribution in [2.24, 2.45) is 5.41 Å². The van der Waals surface area contributed by atoms with E-state index in [2.05, 4.69) is 65.8 Å². The van der Waals surface area contributed by atoms with Crippen molar-refractivity contribution < 1.29 is 18.8 Å². The fourth-order valence-electron chi connectivity index (χ4n) is 3.04. The van der Waals surface area contributed by atoms with E-state index in [9.17, 15) is 0 Å². The fourth-order valence-corrected chi connectivity index (χ4v) is 5.10. The summed E-state index contributed by atoms with van der Waals surface area (Å²) in [6, 6.07) is 8.51. The molecule has 0 aromatic carbocycles. The Morgan fingerprint density at radius 2 is 1.23 bits per heavy atom. The summed E-state index contributed by atoms with van der Waals surface area (Å²) < 4.78 is 25.3. The highest BCUT2D eigenvalue weighted by Crippen LogP contribution is 2.40. The third-order valence-corrected chi connectivity index (χ3v) is 7.87. The van der Waals surface area contributed by atoms with Gasteiger partial charge >= 0.3 is 7.12 Å². The lowest BCUT2D eigenvalue weighted by molar-refractivity contribution is -0.224. The van der Waals surface area contributed by atoms with Crippen LogP contribution in [0.15, 0.2) is 24.3 Å². The molecule has 0 N–H and O–H groups in total. The van der Waals surface area contributed by atoms with Gasteiger partial charge in [-0.1, -0.05) is 47.6 Å². The summed E-state index contributed by atoms with van der Waals surface area (Å²) >= 11 is 3.45. The van der Waals surface area contributed by atoms with E-state index in [0.717, 1.165) is 22.9 Å². The smallest absolute Gasteiger partial charge is 0.399 e. The standard InChI is InChI=1S/C20H27BO4S2.2C2H6/c1-18(2)11-22-17(23-12-18)15-8-7-13(26-15)14-9-10-16(27-14)21-24-19(3,4)20(5,6)25-21;2*1-2/h7-10,17H,11-12H2,1-6H3;2*1-2H3. The third kappa shape index (κ3) is 6.01. The number of thiophene rings is 2. The second-order valence-electron chi connectivity index (χ2n) is 9.11. The van der Waals surface area contributed by atoms with Crippen molar-refractivity contribution in [3.8, 4) is 9.75 Å². The maximum atomic E-state index is 6.17. The second-order valence-corrected chi connectivity index (χ2v) is 11.3. The minimum atomic E-state index is -0.318. The molecule has 4 rings (SSSR count). The van der Waals surface area contributed by atoms with Gasteiger partial charge in [0.2, 0.25) is 0 Å². The van der Waals surface area contributed by atoms with Gasteiger partial charge in [-0.2, -0.15) is 0 Å². The summed E-state index contributed by atoms with van der Waals surface area (Å²) in [5, 5.41) is 0. The summed E-state index contributed by atoms with van der Waals surface area (Å²) in [5.74, 6) is 0. The van der Waals surface area contributed by atoms with Crippen LogP contribution < -0.4 is 4.78 Å². The van der Waals surface area contributed by atoms with Gasteiger partial charge in [0.15, 0.2) is 6.29 Å². The summed E-state index contributed by atoms with van der Waals surface area (Å²) in [5.41, 5.74) is -0.551. The van der Waals surface area contributed by atoms with Crippen LogP contribution in [0.3, 0.4) is 0 Å². The molecule has 31 heavy (non-hydrogen) atoms. The van der Waals surface area contributed by atoms with E-state index in [-0.39, 0.29) is 30.0 Å². The molecule has 0 bridgehead atoms. The lowest BCUT2D eigenvalue weighted by atomic mass is 9.88. The molecule has 2 aromatic rings. The molecular weight excluding hydrogens is 427 g/mol. The topological polar surface area (TPSA) is 36.9 Å². The lowest BCUT2D eigenvalue weighted by Crippen LogP contribution is -2.41. The first-order valence-corrected chi connectivity index (χ1v) is 13.0. The number of hydrogen-bond acceptors (Lipinski definition) is 6. The van der Waals surface area contributed by atoms with Gasteiger partial charge in [0.25, 0.3) is 0 Å². The molecule has 2 aliphatic rings. The Hall–Kier alpha value is -0.695. The van der Waals surface area contributed by atoms with Crippen LogP contribution in [0.25, 0.3) is 9.75 Å². The molecule has 2 aliphatic heterocycles. The van der Waals surface area contributed by atoms with Crippen LogP contribution >= 0.6 is 22.7 Å². The summed E-state index contributed by atoms with van der Waals surface area (Å²) in [6.45, 7) is 22.1. The molecule has 174 valence electrons. The maximum absolute atomic E-state index is 6.17. The number of rotatable bonds is 3. The van der Waals surface area contributed by atoms with Crippen molar-refractivity contribution in [1.29, 1.82) is 0 Å². The zero-order valence-electron chi connectivity index (χ0n) is 20.8. The quantitative estimate of drug-likeness (QED) is 0.461. The Balaban J connectivity index is 0.000000807. The molecule has 0 spiro atoms. The second kappa shape index (κ2) is 10.5. The van der Waals surface area contributed by atoms with Crippen LogP contribution in [0.5, 0.6) is 0 Å². The molecule has 4 nitrogen and oxygen atoms in total. The Bertz CT molecular complexity index is 799. The Morgan fingerprint density at radius 1 is 0.742 bits per heavy atom. The van der Waals surface area contributed by atoms with Crippen molar-refractivity contribution >= 4 is 34.6 Å². The molecule has 0 aliphatic carbocycles. The normalized spacial score (nSPS) is 21.7. The summed E-state index contributed by atoms with van der Waals surface area (Å²) in [4.78, 5) is 3.55. The van der Waals surface area contributed by atoms with Gasteiger partial charge in [0.05, 0.1) is 29.3 Å². The van der Waals surface area contributed by atoms with Crippen LogP contribution in [-0.2, 0) is 18.8 Å². The van der Waals surface area contributed by atoms with Gasteiger partial charge in [-0.15, -0.1) is 22.7 Å². The van der Waals surface area contributed by atoms with Gasteiger partial charge in [-0.25, -0.2) is 0 Å². The molecule has 2 aromatic heterocycles. The molecule has 0 amide bonds. The monoisotopic (exact) mass is 466 g/mol. The molecule has 2 saturated heterocycles. The molecule has 0 atom stereocenters. The predicted octanol–water partition coefficient (Wildman–Crippen LogP) is 6.90. The largest absolute Gasteiger partial charge is 0.505 e. The Kier molecular flexibility index (Phi) is 8.99. The highest BCUT2D eigenvalue weighted by molar-refractivity contribution is 7.28. The van der Waals surface area contributed by atoms with E-state index < -0.39 is 0 Å². The van der Waals surface area contributed by atoms with E-state index >= 15 is 0 Å². The average molecular weight is 467 g/mol. The van der Waals surface area contributed by atoms with Crippen LogP contribution in [-0.4, -0.2) is 31.5 Å². The van der Waals surface area contributed by atoms with E-state index in [4.69, 9.17) is 18.8 Å². The van der Waals surface area contributed by atoms with Crippen LogP contribution in [0, 0.1) is 5.41 Å². The minimum absolute atomic E-state index is 0.0854. The van der Waals surface area contributed by atoms with E-state index in [1.165, 1.54) is 9.75 Å². The SMILES string of the molecule is CC.CC.CC1(C)COC(c2ccc(-c3ccc(B4OC(C)(C)C(C)(C)O4)s3)s2)OC1. The lowest BCUT2D eigenvalue weighted by Gasteiger charge is -2.34. The first-order chi connectivity index (χ1) is 14.6. The van der Waals surface area contributed by atoms with Gasteiger partial charge in [-0.05, 0) is 45.9 Å². The Labute approximate surface area is 197 Å². The molecule has 0 saturated carbocycles. The van der Waals surface area contributed by atoms with Crippen molar-refractivity contribution in [3.63, 3.8) is 0 Å². The van der Waals surface area contributed by atoms with Crippen molar-refractivity contribution in [2.75, 3.05) is 13.2 Å². The summed E-state index contributed by atoms with van der Waals surface area (Å²) in [6.07, 6.45) is -0.251. The highest BCUT2D eigenvalue weighted by atomic mass is 32.1. The molecular formula is C24H39BO4S2. The first kappa shape index (κ1) is 26.6. The molecule has 0 radical (unpaired) electrons. The van der Waals surface area contributed by atoms with Gasteiger partial charge in [0.1, 0.15) is 0 Å². The maximum Gasteiger partial charge on any atom is 0.505 e. The predicted molar refractivity (Wildman–Crippen MR) is 134 cm³/mol. The van der Waals surface area contributed by atoms with Crippen LogP contribution in [0.4, 0.5) is 0 Å². The van der Waals surface area contributed by atoms with Crippen molar-refractivity contribution in [2.45, 2.75) is 86.7 Å². The fraction of sp³-hybridized carbons (Fsp3) is 0.667. The zero-order chi connectivity index (χ0) is 23.4. The highest BCUT2D eigenvalue weighted by Gasteiger charge is 2.52. The zero-order valence-corrected chi connectivity index (χ0v) is 22.5. The van der Waals surface area contributed by atoms with Gasteiger partial charge in [0, 0.05) is 19.9 Å². The van der Waals surface area contributed by atoms with Crippen LogP contribution in [0.2, 0.25) is 0 Å². The Morgan fingerprint density at radius 3 is 1.77 bits per heavy atom. The van der Waals surface area contributed by atoms with Crippen LogP contribution in [0.1, 0.15) is 80.4 Å². The number of hydrogen-bond donors (Lipinski definition) is 0. The minimum Gasteiger partial charge on any atom is -0.399 e. The third-order valence-electron chi connectivity index (χ3n) is 5.47. The van der Waals surface area contributed by atoms with Crippen molar-refractivity contribution in [3.05, 3.63) is 29.1 Å². The molecule has 0 unspecified atom stereocenters. The van der Waals surface area contributed by atoms with Crippen molar-refractivity contribution in [1.82, 2.24) is 0 Å².